The molecule has 0 bridgehead atoms. The third-order valence-corrected chi connectivity index (χ3v) is 4.01. The topological polar surface area (TPSA) is 29.6 Å². The van der Waals surface area contributed by atoms with Crippen molar-refractivity contribution in [3.05, 3.63) is 12.2 Å². The minimum atomic E-state index is -0.00625. The molecular weight excluding hydrogens is 188 g/mol. The number of carbonyl (C=O) groups is 1. The monoisotopic (exact) mass is 208 g/mol. The van der Waals surface area contributed by atoms with Crippen LogP contribution in [0, 0.1) is 11.3 Å². The van der Waals surface area contributed by atoms with Crippen molar-refractivity contribution >= 4 is 5.78 Å². The summed E-state index contributed by atoms with van der Waals surface area (Å²) in [5.41, 5.74) is 0.237. The zero-order valence-corrected chi connectivity index (χ0v) is 10.0. The summed E-state index contributed by atoms with van der Waals surface area (Å²) in [6, 6.07) is 0. The summed E-state index contributed by atoms with van der Waals surface area (Å²) in [5.74, 6) is 0.491. The van der Waals surface area contributed by atoms with Crippen molar-refractivity contribution in [1.82, 2.24) is 0 Å². The van der Waals surface area contributed by atoms with E-state index in [0.29, 0.717) is 12.0 Å². The summed E-state index contributed by atoms with van der Waals surface area (Å²) >= 11 is 0. The molecule has 0 radical (unpaired) electrons. The van der Waals surface area contributed by atoms with Gasteiger partial charge in [-0.05, 0) is 38.2 Å². The van der Waals surface area contributed by atoms with E-state index in [-0.39, 0.29) is 16.8 Å². The normalized spacial score (nSPS) is 42.7. The minimum absolute atomic E-state index is 0.00625. The Morgan fingerprint density at radius 2 is 2.07 bits per heavy atom. The van der Waals surface area contributed by atoms with E-state index in [4.69, 9.17) is 4.74 Å². The van der Waals surface area contributed by atoms with E-state index in [9.17, 15) is 4.79 Å². The first-order valence-electron chi connectivity index (χ1n) is 5.73. The quantitative estimate of drug-likeness (QED) is 0.516. The Morgan fingerprint density at radius 3 is 2.67 bits per heavy atom. The lowest BCUT2D eigenvalue weighted by molar-refractivity contribution is -0.112. The Bertz CT molecular complexity index is 312. The van der Waals surface area contributed by atoms with Crippen molar-refractivity contribution in [2.24, 2.45) is 11.3 Å². The molecule has 2 fully saturated rings. The molecule has 0 aromatic rings. The van der Waals surface area contributed by atoms with Crippen LogP contribution in [0.1, 0.15) is 40.5 Å². The summed E-state index contributed by atoms with van der Waals surface area (Å²) in [4.78, 5) is 11.0. The number of ether oxygens (including phenoxy) is 1. The summed E-state index contributed by atoms with van der Waals surface area (Å²) in [6.07, 6.45) is 6.52. The lowest BCUT2D eigenvalue weighted by atomic mass is 9.64. The van der Waals surface area contributed by atoms with Crippen molar-refractivity contribution < 1.29 is 9.53 Å². The van der Waals surface area contributed by atoms with Gasteiger partial charge in [-0.2, -0.15) is 0 Å². The highest BCUT2D eigenvalue weighted by Crippen LogP contribution is 2.58. The third kappa shape index (κ3) is 1.76. The first-order chi connectivity index (χ1) is 6.86. The number of hydrogen-bond donors (Lipinski definition) is 0. The van der Waals surface area contributed by atoms with Crippen LogP contribution in [0.25, 0.3) is 0 Å². The summed E-state index contributed by atoms with van der Waals surface area (Å²) in [7, 11) is 0. The second kappa shape index (κ2) is 3.18. The molecule has 2 nitrogen and oxygen atoms in total. The van der Waals surface area contributed by atoms with Crippen molar-refractivity contribution in [2.45, 2.75) is 52.2 Å². The Balaban J connectivity index is 2.21. The zero-order valence-electron chi connectivity index (χ0n) is 10.0. The standard InChI is InChI=1S/C13H20O2/c1-9(14)5-6-10-12(2,3)8-7-11-13(10,4)15-11/h5-6,10-11H,7-8H2,1-4H3/b6-5+/t10-,11+,13-/m1/s1. The lowest BCUT2D eigenvalue weighted by Gasteiger charge is -2.38. The van der Waals surface area contributed by atoms with Crippen LogP contribution in [-0.2, 0) is 9.53 Å². The van der Waals surface area contributed by atoms with Gasteiger partial charge in [0.2, 0.25) is 0 Å². The number of ketones is 1. The number of fused-ring (bicyclic) bond motifs is 1. The van der Waals surface area contributed by atoms with E-state index < -0.39 is 0 Å². The maximum Gasteiger partial charge on any atom is 0.152 e. The fraction of sp³-hybridized carbons (Fsp3) is 0.769. The van der Waals surface area contributed by atoms with Gasteiger partial charge in [-0.1, -0.05) is 19.9 Å². The second-order valence-electron chi connectivity index (χ2n) is 5.77. The van der Waals surface area contributed by atoms with Gasteiger partial charge in [0.1, 0.15) is 0 Å². The molecule has 0 aromatic heterocycles. The van der Waals surface area contributed by atoms with Gasteiger partial charge < -0.3 is 4.74 Å². The molecule has 1 heterocycles. The highest BCUT2D eigenvalue weighted by molar-refractivity contribution is 5.87. The fourth-order valence-corrected chi connectivity index (χ4v) is 3.01. The van der Waals surface area contributed by atoms with Crippen LogP contribution in [0.5, 0.6) is 0 Å². The molecular formula is C13H20O2. The van der Waals surface area contributed by atoms with Crippen LogP contribution in [-0.4, -0.2) is 17.5 Å². The molecule has 84 valence electrons. The van der Waals surface area contributed by atoms with E-state index in [1.165, 1.54) is 6.42 Å². The first-order valence-corrected chi connectivity index (χ1v) is 5.73. The molecule has 0 spiro atoms. The van der Waals surface area contributed by atoms with E-state index in [1.54, 1.807) is 13.0 Å². The van der Waals surface area contributed by atoms with E-state index in [0.717, 1.165) is 6.42 Å². The van der Waals surface area contributed by atoms with E-state index >= 15 is 0 Å². The molecule has 1 saturated heterocycles. The average Bonchev–Trinajstić information content (AvgIpc) is 2.74. The zero-order chi connectivity index (χ0) is 11.3. The van der Waals surface area contributed by atoms with Crippen LogP contribution < -0.4 is 0 Å². The first kappa shape index (κ1) is 10.9. The lowest BCUT2D eigenvalue weighted by Crippen LogP contribution is -2.39. The van der Waals surface area contributed by atoms with Crippen LogP contribution in [0.4, 0.5) is 0 Å². The maximum absolute atomic E-state index is 11.0. The van der Waals surface area contributed by atoms with Crippen LogP contribution >= 0.6 is 0 Å². The summed E-state index contributed by atoms with van der Waals surface area (Å²) in [5, 5.41) is 0. The Kier molecular flexibility index (Phi) is 2.30. The van der Waals surface area contributed by atoms with E-state index in [2.05, 4.69) is 26.8 Å². The molecule has 1 saturated carbocycles. The molecule has 15 heavy (non-hydrogen) atoms. The van der Waals surface area contributed by atoms with Gasteiger partial charge in [-0.25, -0.2) is 0 Å². The fourth-order valence-electron chi connectivity index (χ4n) is 3.01. The van der Waals surface area contributed by atoms with Crippen molar-refractivity contribution in [2.75, 3.05) is 0 Å². The van der Waals surface area contributed by atoms with E-state index in [1.807, 2.05) is 0 Å². The van der Waals surface area contributed by atoms with Crippen LogP contribution in [0.2, 0.25) is 0 Å². The number of epoxide rings is 1. The molecule has 0 amide bonds. The predicted molar refractivity (Wildman–Crippen MR) is 59.6 cm³/mol. The Morgan fingerprint density at radius 1 is 1.40 bits per heavy atom. The number of carbonyl (C=O) groups excluding carboxylic acids is 1. The maximum atomic E-state index is 11.0. The van der Waals surface area contributed by atoms with Gasteiger partial charge in [0.15, 0.2) is 5.78 Å². The molecule has 1 aliphatic heterocycles. The van der Waals surface area contributed by atoms with Crippen molar-refractivity contribution in [1.29, 1.82) is 0 Å². The molecule has 0 N–H and O–H groups in total. The Labute approximate surface area is 91.7 Å². The number of allylic oxidation sites excluding steroid dienone is 1. The minimum Gasteiger partial charge on any atom is -0.366 e. The van der Waals surface area contributed by atoms with Gasteiger partial charge in [0, 0.05) is 5.92 Å². The summed E-state index contributed by atoms with van der Waals surface area (Å²) < 4.78 is 5.78. The number of rotatable bonds is 2. The van der Waals surface area contributed by atoms with Crippen LogP contribution in [0.3, 0.4) is 0 Å². The second-order valence-corrected chi connectivity index (χ2v) is 5.77. The molecule has 3 atom stereocenters. The molecule has 2 rings (SSSR count). The SMILES string of the molecule is CC(=O)/C=C/[C@@H]1C(C)(C)CC[C@@H]2O[C@@]21C. The smallest absolute Gasteiger partial charge is 0.152 e. The van der Waals surface area contributed by atoms with Gasteiger partial charge in [0.05, 0.1) is 11.7 Å². The van der Waals surface area contributed by atoms with Gasteiger partial charge in [0.25, 0.3) is 0 Å². The predicted octanol–water partition coefficient (Wildman–Crippen LogP) is 2.73. The average molecular weight is 208 g/mol. The Hall–Kier alpha value is -0.630. The van der Waals surface area contributed by atoms with Gasteiger partial charge in [-0.15, -0.1) is 0 Å². The number of hydrogen-bond acceptors (Lipinski definition) is 2. The summed E-state index contributed by atoms with van der Waals surface area (Å²) in [6.45, 7) is 8.31. The third-order valence-electron chi connectivity index (χ3n) is 4.01. The molecule has 0 aromatic carbocycles. The van der Waals surface area contributed by atoms with Gasteiger partial charge in [-0.3, -0.25) is 4.79 Å². The molecule has 0 unspecified atom stereocenters. The largest absolute Gasteiger partial charge is 0.366 e. The van der Waals surface area contributed by atoms with Crippen LogP contribution in [0.15, 0.2) is 12.2 Å². The van der Waals surface area contributed by atoms with Crippen molar-refractivity contribution in [3.63, 3.8) is 0 Å². The van der Waals surface area contributed by atoms with Crippen molar-refractivity contribution in [3.8, 4) is 0 Å². The molecule has 2 aliphatic rings. The van der Waals surface area contributed by atoms with Gasteiger partial charge >= 0.3 is 0 Å². The molecule has 1 aliphatic carbocycles. The highest BCUT2D eigenvalue weighted by Gasteiger charge is 2.63. The highest BCUT2D eigenvalue weighted by atomic mass is 16.6. The molecule has 2 heteroatoms.